The number of hydrogen-bond donors (Lipinski definition) is 0. The van der Waals surface area contributed by atoms with Crippen LogP contribution in [0.25, 0.3) is 0 Å². The molecule has 8 nitrogen and oxygen atoms in total. The summed E-state index contributed by atoms with van der Waals surface area (Å²) in [6.45, 7) is 7.68. The Morgan fingerprint density at radius 3 is 1.68 bits per heavy atom. The lowest BCUT2D eigenvalue weighted by Crippen LogP contribution is -2.29. The van der Waals surface area contributed by atoms with E-state index >= 15 is 4.39 Å². The highest BCUT2D eigenvalue weighted by Crippen LogP contribution is 2.80. The minimum Gasteiger partial charge on any atom is -0.353 e. The van der Waals surface area contributed by atoms with Crippen LogP contribution in [0.4, 0.5) is 4.39 Å². The SMILES string of the molecule is CCOP(=O)(OCC)C(F)(CCCCCCCCCOC1CCCCO1)P(=O)(OCC)OCC. The molecular formula is C23H47FO8P2. The van der Waals surface area contributed by atoms with E-state index in [1.54, 1.807) is 27.7 Å². The number of ether oxygens (including phenoxy) is 2. The zero-order valence-corrected chi connectivity index (χ0v) is 23.4. The molecule has 1 aliphatic rings. The molecule has 1 rings (SSSR count). The first kappa shape index (κ1) is 32.2. The molecule has 0 aromatic carbocycles. The maximum atomic E-state index is 16.5. The van der Waals surface area contributed by atoms with Gasteiger partial charge in [0.1, 0.15) is 0 Å². The first-order valence-electron chi connectivity index (χ1n) is 13.0. The first-order chi connectivity index (χ1) is 16.3. The third-order valence-corrected chi connectivity index (χ3v) is 11.6. The minimum atomic E-state index is -4.41. The molecule has 0 radical (unpaired) electrons. The highest BCUT2D eigenvalue weighted by Gasteiger charge is 2.66. The van der Waals surface area contributed by atoms with E-state index in [-0.39, 0.29) is 39.1 Å². The largest absolute Gasteiger partial charge is 0.380 e. The molecule has 1 unspecified atom stereocenters. The second-order valence-electron chi connectivity index (χ2n) is 8.28. The van der Waals surface area contributed by atoms with Crippen LogP contribution in [0.1, 0.15) is 98.3 Å². The van der Waals surface area contributed by atoms with Gasteiger partial charge in [0.05, 0.1) is 26.4 Å². The van der Waals surface area contributed by atoms with Crippen molar-refractivity contribution in [2.45, 2.75) is 110 Å². The van der Waals surface area contributed by atoms with E-state index in [9.17, 15) is 9.13 Å². The summed E-state index contributed by atoms with van der Waals surface area (Å²) in [7, 11) is -8.82. The zero-order valence-electron chi connectivity index (χ0n) is 21.6. The molecule has 11 heteroatoms. The van der Waals surface area contributed by atoms with Gasteiger partial charge in [0, 0.05) is 19.6 Å². The second kappa shape index (κ2) is 17.6. The predicted octanol–water partition coefficient (Wildman–Crippen LogP) is 7.81. The third-order valence-electron chi connectivity index (χ3n) is 5.62. The van der Waals surface area contributed by atoms with Crippen LogP contribution < -0.4 is 0 Å². The van der Waals surface area contributed by atoms with E-state index in [0.717, 1.165) is 51.6 Å². The standard InChI is InChI=1S/C23H47FO8P2/c1-5-29-33(25,30-6-2)23(24,34(26,31-7-3)32-8-4)19-15-12-10-9-11-13-16-20-27-22-18-14-17-21-28-22/h22H,5-21H2,1-4H3. The van der Waals surface area contributed by atoms with Crippen molar-refractivity contribution in [3.63, 3.8) is 0 Å². The van der Waals surface area contributed by atoms with Gasteiger partial charge in [-0.2, -0.15) is 0 Å². The molecule has 0 aromatic rings. The van der Waals surface area contributed by atoms with Crippen LogP contribution in [-0.2, 0) is 36.7 Å². The highest BCUT2D eigenvalue weighted by atomic mass is 31.2. The molecule has 0 bridgehead atoms. The van der Waals surface area contributed by atoms with Gasteiger partial charge in [0.2, 0.25) is 0 Å². The molecule has 1 aliphatic heterocycles. The lowest BCUT2D eigenvalue weighted by molar-refractivity contribution is -0.162. The summed E-state index contributed by atoms with van der Waals surface area (Å²) in [5.74, 6) is 0. The van der Waals surface area contributed by atoms with Crippen molar-refractivity contribution in [2.75, 3.05) is 39.6 Å². The summed E-state index contributed by atoms with van der Waals surface area (Å²) in [4.78, 5) is 0. The molecule has 1 heterocycles. The number of unbranched alkanes of at least 4 members (excludes halogenated alkanes) is 6. The Bertz CT molecular complexity index is 566. The van der Waals surface area contributed by atoms with E-state index in [1.165, 1.54) is 6.42 Å². The van der Waals surface area contributed by atoms with Crippen molar-refractivity contribution >= 4 is 15.2 Å². The molecule has 1 atom stereocenters. The van der Waals surface area contributed by atoms with Crippen LogP contribution in [0.15, 0.2) is 0 Å². The molecule has 0 aromatic heterocycles. The Morgan fingerprint density at radius 1 is 0.765 bits per heavy atom. The Morgan fingerprint density at radius 2 is 1.24 bits per heavy atom. The summed E-state index contributed by atoms with van der Waals surface area (Å²) in [5.41, 5.74) is 0. The van der Waals surface area contributed by atoms with Crippen LogP contribution in [0, 0.1) is 0 Å². The molecule has 1 fully saturated rings. The normalized spacial score (nSPS) is 17.9. The summed E-state index contributed by atoms with van der Waals surface area (Å²) in [6, 6.07) is 0. The van der Waals surface area contributed by atoms with Gasteiger partial charge in [0.15, 0.2) is 6.29 Å². The molecule has 0 amide bonds. The van der Waals surface area contributed by atoms with Gasteiger partial charge in [-0.05, 0) is 59.8 Å². The van der Waals surface area contributed by atoms with Crippen molar-refractivity contribution in [1.82, 2.24) is 0 Å². The quantitative estimate of drug-likeness (QED) is 0.109. The van der Waals surface area contributed by atoms with Gasteiger partial charge in [-0.1, -0.05) is 32.1 Å². The van der Waals surface area contributed by atoms with Crippen molar-refractivity contribution < 1.29 is 41.1 Å². The summed E-state index contributed by atoms with van der Waals surface area (Å²) < 4.78 is 75.7. The Kier molecular flexibility index (Phi) is 16.6. The van der Waals surface area contributed by atoms with Crippen molar-refractivity contribution in [1.29, 1.82) is 0 Å². The molecule has 0 spiro atoms. The van der Waals surface area contributed by atoms with Crippen LogP contribution in [0.2, 0.25) is 0 Å². The third kappa shape index (κ3) is 9.89. The lowest BCUT2D eigenvalue weighted by Gasteiger charge is -2.36. The number of halogens is 1. The fraction of sp³-hybridized carbons (Fsp3) is 1.00. The molecule has 34 heavy (non-hydrogen) atoms. The second-order valence-corrected chi connectivity index (χ2v) is 13.1. The fourth-order valence-corrected chi connectivity index (χ4v) is 9.02. The zero-order chi connectivity index (χ0) is 25.3. The van der Waals surface area contributed by atoms with E-state index in [4.69, 9.17) is 27.6 Å². The Labute approximate surface area is 206 Å². The van der Waals surface area contributed by atoms with Crippen LogP contribution >= 0.6 is 15.2 Å². The Balaban J connectivity index is 2.52. The Hall–Kier alpha value is 0.150. The minimum absolute atomic E-state index is 0.0385. The summed E-state index contributed by atoms with van der Waals surface area (Å²) >= 11 is 0. The van der Waals surface area contributed by atoms with Crippen molar-refractivity contribution in [3.05, 3.63) is 0 Å². The maximum Gasteiger partial charge on any atom is 0.380 e. The van der Waals surface area contributed by atoms with Gasteiger partial charge in [-0.3, -0.25) is 9.13 Å². The van der Waals surface area contributed by atoms with Gasteiger partial charge < -0.3 is 27.6 Å². The molecule has 0 saturated carbocycles. The fourth-order valence-electron chi connectivity index (χ4n) is 3.97. The lowest BCUT2D eigenvalue weighted by atomic mass is 10.1. The summed E-state index contributed by atoms with van der Waals surface area (Å²) in [5, 5.41) is -2.85. The van der Waals surface area contributed by atoms with E-state index in [1.807, 2.05) is 0 Å². The van der Waals surface area contributed by atoms with E-state index in [0.29, 0.717) is 19.4 Å². The van der Waals surface area contributed by atoms with Crippen molar-refractivity contribution in [3.8, 4) is 0 Å². The van der Waals surface area contributed by atoms with Crippen LogP contribution in [0.5, 0.6) is 0 Å². The number of alkyl halides is 1. The van der Waals surface area contributed by atoms with Gasteiger partial charge in [-0.25, -0.2) is 4.39 Å². The highest BCUT2D eigenvalue weighted by molar-refractivity contribution is 7.73. The van der Waals surface area contributed by atoms with Gasteiger partial charge in [0.25, 0.3) is 0 Å². The average molecular weight is 533 g/mol. The summed E-state index contributed by atoms with van der Waals surface area (Å²) in [6.07, 6.45) is 9.02. The monoisotopic (exact) mass is 532 g/mol. The molecule has 0 aliphatic carbocycles. The number of hydrogen-bond acceptors (Lipinski definition) is 8. The topological polar surface area (TPSA) is 89.5 Å². The molecular weight excluding hydrogens is 485 g/mol. The maximum absolute atomic E-state index is 16.5. The van der Waals surface area contributed by atoms with E-state index < -0.39 is 20.3 Å². The first-order valence-corrected chi connectivity index (χ1v) is 16.1. The predicted molar refractivity (Wildman–Crippen MR) is 132 cm³/mol. The average Bonchev–Trinajstić information content (AvgIpc) is 2.81. The molecule has 0 N–H and O–H groups in total. The molecule has 1 saturated heterocycles. The van der Waals surface area contributed by atoms with Gasteiger partial charge in [-0.15, -0.1) is 0 Å². The molecule has 204 valence electrons. The van der Waals surface area contributed by atoms with Crippen molar-refractivity contribution in [2.24, 2.45) is 0 Å². The smallest absolute Gasteiger partial charge is 0.353 e. The van der Waals surface area contributed by atoms with Crippen LogP contribution in [-0.4, -0.2) is 51.1 Å². The van der Waals surface area contributed by atoms with E-state index in [2.05, 4.69) is 0 Å². The van der Waals surface area contributed by atoms with Gasteiger partial charge >= 0.3 is 20.3 Å². The number of rotatable bonds is 21. The van der Waals surface area contributed by atoms with Crippen LogP contribution in [0.3, 0.4) is 0 Å².